The topological polar surface area (TPSA) is 70.7 Å². The molecular weight excluding hydrogens is 354 g/mol. The summed E-state index contributed by atoms with van der Waals surface area (Å²) < 4.78 is 5.54. The molecule has 1 fully saturated rings. The second-order valence-corrected chi connectivity index (χ2v) is 6.38. The van der Waals surface area contributed by atoms with E-state index in [9.17, 15) is 9.59 Å². The molecule has 7 heteroatoms. The van der Waals surface area contributed by atoms with Gasteiger partial charge in [0.2, 0.25) is 0 Å². The predicted molar refractivity (Wildman–Crippen MR) is 101 cm³/mol. The molecule has 0 saturated carbocycles. The van der Waals surface area contributed by atoms with Gasteiger partial charge in [0.05, 0.1) is 6.54 Å². The summed E-state index contributed by atoms with van der Waals surface area (Å²) in [6.07, 6.45) is 0. The molecule has 0 radical (unpaired) electrons. The molecular formula is C19H20ClN3O3. The molecule has 6 nitrogen and oxygen atoms in total. The number of urea groups is 1. The molecule has 0 bridgehead atoms. The van der Waals surface area contributed by atoms with Gasteiger partial charge >= 0.3 is 6.03 Å². The number of rotatable bonds is 6. The summed E-state index contributed by atoms with van der Waals surface area (Å²) in [6.45, 7) is 3.87. The number of amides is 3. The molecule has 26 heavy (non-hydrogen) atoms. The lowest BCUT2D eigenvalue weighted by molar-refractivity contribution is 0.0947. The summed E-state index contributed by atoms with van der Waals surface area (Å²) in [5.41, 5.74) is 2.25. The molecule has 0 unspecified atom stereocenters. The molecule has 0 spiro atoms. The quantitative estimate of drug-likeness (QED) is 0.765. The van der Waals surface area contributed by atoms with Crippen LogP contribution in [-0.4, -0.2) is 38.2 Å². The minimum atomic E-state index is -0.180. The first-order valence-corrected chi connectivity index (χ1v) is 8.75. The Kier molecular flexibility index (Phi) is 5.63. The molecule has 1 aliphatic heterocycles. The van der Waals surface area contributed by atoms with E-state index in [2.05, 4.69) is 10.6 Å². The van der Waals surface area contributed by atoms with Crippen LogP contribution in [0.5, 0.6) is 5.75 Å². The second-order valence-electron chi connectivity index (χ2n) is 5.95. The van der Waals surface area contributed by atoms with E-state index < -0.39 is 0 Å². The molecule has 1 saturated heterocycles. The van der Waals surface area contributed by atoms with Crippen molar-refractivity contribution in [2.45, 2.75) is 6.92 Å². The number of carbonyl (C=O) groups excluding carboxylic acids is 2. The number of anilines is 1. The Labute approximate surface area is 157 Å². The normalized spacial score (nSPS) is 13.5. The average molecular weight is 374 g/mol. The number of benzene rings is 2. The molecule has 2 aromatic carbocycles. The number of aryl methyl sites for hydroxylation is 1. The van der Waals surface area contributed by atoms with Crippen molar-refractivity contribution in [1.82, 2.24) is 10.6 Å². The van der Waals surface area contributed by atoms with Gasteiger partial charge in [-0.05, 0) is 48.9 Å². The summed E-state index contributed by atoms with van der Waals surface area (Å²) in [7, 11) is 0. The number of nitrogens with zero attached hydrogens (tertiary/aromatic N) is 1. The van der Waals surface area contributed by atoms with Crippen LogP contribution in [0.15, 0.2) is 42.5 Å². The fourth-order valence-electron chi connectivity index (χ4n) is 2.79. The van der Waals surface area contributed by atoms with Crippen LogP contribution in [0, 0.1) is 6.92 Å². The Morgan fingerprint density at radius 1 is 1.31 bits per heavy atom. The number of hydrogen-bond acceptors (Lipinski definition) is 3. The highest BCUT2D eigenvalue weighted by Gasteiger charge is 2.22. The Hall–Kier alpha value is -2.73. The van der Waals surface area contributed by atoms with Gasteiger partial charge in [-0.3, -0.25) is 9.69 Å². The molecule has 2 aromatic rings. The number of hydrogen-bond donors (Lipinski definition) is 2. The highest BCUT2D eigenvalue weighted by atomic mass is 35.5. The zero-order valence-corrected chi connectivity index (χ0v) is 15.2. The van der Waals surface area contributed by atoms with Gasteiger partial charge in [0, 0.05) is 29.4 Å². The van der Waals surface area contributed by atoms with Crippen LogP contribution in [0.3, 0.4) is 0 Å². The third-order valence-electron chi connectivity index (χ3n) is 4.06. The minimum Gasteiger partial charge on any atom is -0.492 e. The molecule has 1 aliphatic rings. The van der Waals surface area contributed by atoms with E-state index in [0.717, 1.165) is 11.3 Å². The molecule has 136 valence electrons. The number of nitrogens with one attached hydrogen (secondary N) is 2. The van der Waals surface area contributed by atoms with Gasteiger partial charge in [0.25, 0.3) is 5.91 Å². The largest absolute Gasteiger partial charge is 0.492 e. The van der Waals surface area contributed by atoms with Gasteiger partial charge in [-0.25, -0.2) is 4.79 Å². The van der Waals surface area contributed by atoms with E-state index in [1.165, 1.54) is 0 Å². The zero-order chi connectivity index (χ0) is 18.5. The molecule has 1 heterocycles. The monoisotopic (exact) mass is 373 g/mol. The zero-order valence-electron chi connectivity index (χ0n) is 14.4. The lowest BCUT2D eigenvalue weighted by Gasteiger charge is -2.17. The van der Waals surface area contributed by atoms with Crippen molar-refractivity contribution in [2.75, 3.05) is 31.1 Å². The molecule has 3 rings (SSSR count). The maximum atomic E-state index is 12.3. The van der Waals surface area contributed by atoms with Gasteiger partial charge in [-0.15, -0.1) is 0 Å². The van der Waals surface area contributed by atoms with Crippen molar-refractivity contribution in [1.29, 1.82) is 0 Å². The highest BCUT2D eigenvalue weighted by Crippen LogP contribution is 2.23. The molecule has 3 amide bonds. The van der Waals surface area contributed by atoms with Crippen molar-refractivity contribution in [3.8, 4) is 5.75 Å². The number of carbonyl (C=O) groups is 2. The first kappa shape index (κ1) is 18.1. The smallest absolute Gasteiger partial charge is 0.322 e. The maximum absolute atomic E-state index is 12.3. The van der Waals surface area contributed by atoms with E-state index in [0.29, 0.717) is 42.6 Å². The van der Waals surface area contributed by atoms with Crippen molar-refractivity contribution in [3.63, 3.8) is 0 Å². The van der Waals surface area contributed by atoms with E-state index >= 15 is 0 Å². The summed E-state index contributed by atoms with van der Waals surface area (Å²) in [5, 5.41) is 6.19. The summed E-state index contributed by atoms with van der Waals surface area (Å²) in [4.78, 5) is 25.7. The molecule has 0 aromatic heterocycles. The van der Waals surface area contributed by atoms with Gasteiger partial charge in [-0.2, -0.15) is 0 Å². The summed E-state index contributed by atoms with van der Waals surface area (Å²) in [5.74, 6) is 0.482. The maximum Gasteiger partial charge on any atom is 0.322 e. The van der Waals surface area contributed by atoms with Crippen molar-refractivity contribution in [2.24, 2.45) is 0 Å². The Balaban J connectivity index is 1.53. The SMILES string of the molecule is Cc1cc(C(=O)NCCOc2cccc(Cl)c2)ccc1N1CCNC1=O. The average Bonchev–Trinajstić information content (AvgIpc) is 3.04. The van der Waals surface area contributed by atoms with Crippen LogP contribution in [0.1, 0.15) is 15.9 Å². The van der Waals surface area contributed by atoms with Crippen molar-refractivity contribution >= 4 is 29.2 Å². The second kappa shape index (κ2) is 8.10. The number of halogens is 1. The van der Waals surface area contributed by atoms with E-state index in [-0.39, 0.29) is 11.9 Å². The lowest BCUT2D eigenvalue weighted by atomic mass is 10.1. The molecule has 0 aliphatic carbocycles. The van der Waals surface area contributed by atoms with E-state index in [1.807, 2.05) is 13.0 Å². The highest BCUT2D eigenvalue weighted by molar-refractivity contribution is 6.30. The van der Waals surface area contributed by atoms with E-state index in [4.69, 9.17) is 16.3 Å². The summed E-state index contributed by atoms with van der Waals surface area (Å²) >= 11 is 5.89. The fourth-order valence-corrected chi connectivity index (χ4v) is 2.97. The van der Waals surface area contributed by atoms with Gasteiger partial charge in [-0.1, -0.05) is 17.7 Å². The van der Waals surface area contributed by atoms with Crippen LogP contribution in [0.2, 0.25) is 5.02 Å². The predicted octanol–water partition coefficient (Wildman–Crippen LogP) is 2.99. The lowest BCUT2D eigenvalue weighted by Crippen LogP contribution is -2.29. The van der Waals surface area contributed by atoms with Gasteiger partial charge in [0.1, 0.15) is 12.4 Å². The Bertz CT molecular complexity index is 825. The van der Waals surface area contributed by atoms with Crippen LogP contribution in [0.4, 0.5) is 10.5 Å². The number of ether oxygens (including phenoxy) is 1. The minimum absolute atomic E-state index is 0.108. The molecule has 0 atom stereocenters. The third kappa shape index (κ3) is 4.26. The van der Waals surface area contributed by atoms with Gasteiger partial charge in [0.15, 0.2) is 0 Å². The third-order valence-corrected chi connectivity index (χ3v) is 4.29. The van der Waals surface area contributed by atoms with Crippen molar-refractivity contribution < 1.29 is 14.3 Å². The van der Waals surface area contributed by atoms with Gasteiger partial charge < -0.3 is 15.4 Å². The fraction of sp³-hybridized carbons (Fsp3) is 0.263. The Morgan fingerprint density at radius 2 is 2.15 bits per heavy atom. The summed E-state index contributed by atoms with van der Waals surface area (Å²) in [6, 6.07) is 12.3. The molecule has 2 N–H and O–H groups in total. The van der Waals surface area contributed by atoms with Crippen LogP contribution < -0.4 is 20.3 Å². The standard InChI is InChI=1S/C19H20ClN3O3/c1-13-11-14(5-6-17(13)23-9-7-22-19(23)25)18(24)21-8-10-26-16-4-2-3-15(20)12-16/h2-6,11-12H,7-10H2,1H3,(H,21,24)(H,22,25). The van der Waals surface area contributed by atoms with E-state index in [1.54, 1.807) is 41.3 Å². The van der Waals surface area contributed by atoms with Crippen LogP contribution in [-0.2, 0) is 0 Å². The first-order valence-electron chi connectivity index (χ1n) is 8.37. The van der Waals surface area contributed by atoms with Crippen molar-refractivity contribution in [3.05, 3.63) is 58.6 Å². The van der Waals surface area contributed by atoms with Crippen LogP contribution in [0.25, 0.3) is 0 Å². The van der Waals surface area contributed by atoms with Crippen LogP contribution >= 0.6 is 11.6 Å². The Morgan fingerprint density at radius 3 is 2.85 bits per heavy atom. The first-order chi connectivity index (χ1) is 12.5.